The first-order valence-corrected chi connectivity index (χ1v) is 24.2. The van der Waals surface area contributed by atoms with Crippen molar-refractivity contribution in [3.05, 3.63) is 190 Å². The third-order valence-corrected chi connectivity index (χ3v) is 13.5. The van der Waals surface area contributed by atoms with E-state index in [0.717, 1.165) is 73.6 Å². The maximum atomic E-state index is 13.1. The van der Waals surface area contributed by atoms with Crippen LogP contribution in [0.2, 0.25) is 0 Å². The van der Waals surface area contributed by atoms with Crippen LogP contribution in [-0.4, -0.2) is 49.9 Å². The van der Waals surface area contributed by atoms with Crippen molar-refractivity contribution in [3.8, 4) is 5.75 Å². The van der Waals surface area contributed by atoms with Crippen molar-refractivity contribution in [1.29, 1.82) is 0 Å². The second-order valence-corrected chi connectivity index (χ2v) is 19.2. The molecule has 0 bridgehead atoms. The Morgan fingerprint density at radius 2 is 1.43 bits per heavy atom. The number of benzene rings is 5. The fourth-order valence-corrected chi connectivity index (χ4v) is 9.80. The summed E-state index contributed by atoms with van der Waals surface area (Å²) in [5.41, 5.74) is 14.4. The van der Waals surface area contributed by atoms with Crippen LogP contribution in [0.1, 0.15) is 101 Å². The lowest BCUT2D eigenvalue weighted by atomic mass is 9.81. The summed E-state index contributed by atoms with van der Waals surface area (Å²) < 4.78 is 9.53. The molecule has 0 saturated carbocycles. The zero-order valence-electron chi connectivity index (χ0n) is 41.2. The summed E-state index contributed by atoms with van der Waals surface area (Å²) in [6, 6.07) is 41.2. The predicted molar refractivity (Wildman–Crippen MR) is 277 cm³/mol. The van der Waals surface area contributed by atoms with E-state index in [0.29, 0.717) is 24.2 Å². The Kier molecular flexibility index (Phi) is 16.1. The zero-order chi connectivity index (χ0) is 47.1. The quantitative estimate of drug-likeness (QED) is 0.0607. The Morgan fingerprint density at radius 1 is 0.765 bits per heavy atom. The van der Waals surface area contributed by atoms with Crippen LogP contribution in [0, 0.1) is 0 Å². The van der Waals surface area contributed by atoms with Crippen LogP contribution in [0.25, 0.3) is 0 Å². The molecule has 0 spiro atoms. The molecule has 0 atom stereocenters. The molecule has 0 fully saturated rings. The first-order chi connectivity index (χ1) is 32.4. The molecule has 352 valence electrons. The predicted octanol–water partition coefficient (Wildman–Crippen LogP) is 11.0. The van der Waals surface area contributed by atoms with Gasteiger partial charge < -0.3 is 43.8 Å². The van der Waals surface area contributed by atoms with E-state index in [4.69, 9.17) is 4.74 Å². The molecule has 8 nitrogen and oxygen atoms in total. The highest BCUT2D eigenvalue weighted by molar-refractivity contribution is 6.03. The molecular formula is C59H67IN6O2. The number of para-hydroxylation sites is 2. The molecule has 0 radical (unpaired) electrons. The van der Waals surface area contributed by atoms with E-state index in [1.807, 2.05) is 55.4 Å². The normalized spacial score (nSPS) is 17.3. The van der Waals surface area contributed by atoms with Crippen molar-refractivity contribution in [2.45, 2.75) is 90.9 Å². The summed E-state index contributed by atoms with van der Waals surface area (Å²) in [6.45, 7) is 16.4. The molecule has 1 N–H and O–H groups in total. The molecule has 0 aromatic heterocycles. The number of nitrogens with one attached hydrogen (secondary N) is 1. The number of amides is 1. The van der Waals surface area contributed by atoms with Crippen LogP contribution >= 0.6 is 0 Å². The van der Waals surface area contributed by atoms with Crippen LogP contribution in [0.3, 0.4) is 0 Å². The number of anilines is 2. The minimum atomic E-state index is -0.125. The van der Waals surface area contributed by atoms with E-state index in [9.17, 15) is 4.79 Å². The van der Waals surface area contributed by atoms with Gasteiger partial charge in [0.2, 0.25) is 5.69 Å². The Balaban J connectivity index is 0.00000684. The van der Waals surface area contributed by atoms with Crippen LogP contribution in [-0.2, 0) is 17.3 Å². The summed E-state index contributed by atoms with van der Waals surface area (Å²) in [6.07, 6.45) is 15.1. The zero-order valence-corrected chi connectivity index (χ0v) is 43.3. The second kappa shape index (κ2) is 21.9. The fourth-order valence-electron chi connectivity index (χ4n) is 9.80. The standard InChI is InChI=1S/C59H66N6O2.HI/c1-9-40-64-52-20-13-11-18-50(52)58(3,4)54(64)36-26-43-16-15-17-44(27-37-55-59(5,6)51-19-12-14-21-53(51)65(55)41-10-2)56(43)67-49-34-22-42(23-35-49)38-39-60-57(66)45-24-28-46(29-25-45)61-62-47-30-32-48(33-31-47)63(7)8;/h11-14,18-37H,9-10,15-17,38-41H2,1-8H3;1H. The second-order valence-electron chi connectivity index (χ2n) is 19.2. The minimum Gasteiger partial charge on any atom is -1.00 e. The highest BCUT2D eigenvalue weighted by Gasteiger charge is 2.44. The molecule has 68 heavy (non-hydrogen) atoms. The average Bonchev–Trinajstić information content (AvgIpc) is 3.68. The summed E-state index contributed by atoms with van der Waals surface area (Å²) in [5.74, 6) is 1.62. The van der Waals surface area contributed by atoms with Gasteiger partial charge in [0.25, 0.3) is 5.91 Å². The van der Waals surface area contributed by atoms with E-state index >= 15 is 0 Å². The van der Waals surface area contributed by atoms with Gasteiger partial charge in [-0.1, -0.05) is 82.3 Å². The van der Waals surface area contributed by atoms with E-state index < -0.39 is 0 Å². The van der Waals surface area contributed by atoms with Gasteiger partial charge in [-0.05, 0) is 147 Å². The smallest absolute Gasteiger partial charge is 0.251 e. The van der Waals surface area contributed by atoms with Gasteiger partial charge in [0.15, 0.2) is 5.71 Å². The van der Waals surface area contributed by atoms with Crippen molar-refractivity contribution in [2.75, 3.05) is 43.5 Å². The highest BCUT2D eigenvalue weighted by Crippen LogP contribution is 2.48. The molecule has 0 unspecified atom stereocenters. The first-order valence-electron chi connectivity index (χ1n) is 24.2. The number of hydrogen-bond donors (Lipinski definition) is 1. The van der Waals surface area contributed by atoms with E-state index in [1.54, 1.807) is 12.1 Å². The monoisotopic (exact) mass is 1020 g/mol. The molecule has 3 aliphatic rings. The van der Waals surface area contributed by atoms with Crippen molar-refractivity contribution in [3.63, 3.8) is 0 Å². The number of carbonyl (C=O) groups excluding carboxylic acids is 1. The van der Waals surface area contributed by atoms with Crippen molar-refractivity contribution in [1.82, 2.24) is 5.32 Å². The number of fused-ring (bicyclic) bond motifs is 2. The molecule has 2 aliphatic heterocycles. The summed E-state index contributed by atoms with van der Waals surface area (Å²) in [4.78, 5) is 17.6. The molecule has 5 aromatic rings. The molecule has 2 heterocycles. The number of allylic oxidation sites excluding steroid dienone is 7. The van der Waals surface area contributed by atoms with E-state index in [1.165, 1.54) is 45.1 Å². The molecule has 1 amide bonds. The number of carbonyl (C=O) groups is 1. The number of hydrogen-bond acceptors (Lipinski definition) is 6. The Labute approximate surface area is 422 Å². The van der Waals surface area contributed by atoms with Crippen LogP contribution < -0.4 is 43.8 Å². The Bertz CT molecular complexity index is 2780. The van der Waals surface area contributed by atoms with Gasteiger partial charge in [-0.3, -0.25) is 4.79 Å². The maximum Gasteiger partial charge on any atom is 0.251 e. The number of ether oxygens (including phenoxy) is 1. The summed E-state index contributed by atoms with van der Waals surface area (Å²) in [5, 5.41) is 11.8. The number of rotatable bonds is 16. The largest absolute Gasteiger partial charge is 1.00 e. The SMILES string of the molecule is CCCN1/C(=C/C=C2\CCCC(/C=C/C3=[N+](CCC)c4ccccc4C3(C)C)=C2Oc2ccc(CCNC(=O)c3ccc(N=Nc4ccc(N(C)C)cc4)cc3)cc2)C(C)(C)c2ccccc21.[I-]. The van der Waals surface area contributed by atoms with E-state index in [-0.39, 0.29) is 40.7 Å². The van der Waals surface area contributed by atoms with Gasteiger partial charge in [0.1, 0.15) is 18.1 Å². The van der Waals surface area contributed by atoms with Gasteiger partial charge in [0.05, 0.1) is 16.8 Å². The van der Waals surface area contributed by atoms with Crippen LogP contribution in [0.4, 0.5) is 28.4 Å². The first kappa shape index (κ1) is 49.8. The van der Waals surface area contributed by atoms with E-state index in [2.05, 4.69) is 164 Å². The van der Waals surface area contributed by atoms with Crippen molar-refractivity contribution < 1.29 is 38.1 Å². The molecule has 9 heteroatoms. The lowest BCUT2D eigenvalue weighted by molar-refractivity contribution is -0.437. The molecule has 8 rings (SSSR count). The lowest BCUT2D eigenvalue weighted by Gasteiger charge is -2.27. The maximum absolute atomic E-state index is 13.1. The Hall–Kier alpha value is -6.07. The van der Waals surface area contributed by atoms with Crippen LogP contribution in [0.5, 0.6) is 5.75 Å². The topological polar surface area (TPSA) is 72.5 Å². The number of halogens is 1. The fraction of sp³-hybridized carbons (Fsp3) is 0.322. The Morgan fingerprint density at radius 3 is 2.10 bits per heavy atom. The molecule has 1 aliphatic carbocycles. The van der Waals surface area contributed by atoms with Gasteiger partial charge >= 0.3 is 0 Å². The van der Waals surface area contributed by atoms with Crippen molar-refractivity contribution >= 4 is 40.1 Å². The highest BCUT2D eigenvalue weighted by atomic mass is 127. The third kappa shape index (κ3) is 10.8. The summed E-state index contributed by atoms with van der Waals surface area (Å²) in [7, 11) is 4.01. The van der Waals surface area contributed by atoms with Crippen LogP contribution in [0.15, 0.2) is 178 Å². The number of nitrogens with zero attached hydrogens (tertiary/aromatic N) is 5. The van der Waals surface area contributed by atoms with Gasteiger partial charge in [-0.25, -0.2) is 0 Å². The number of azo groups is 1. The van der Waals surface area contributed by atoms with Gasteiger partial charge in [0, 0.05) is 79.4 Å². The van der Waals surface area contributed by atoms with Gasteiger partial charge in [-0.15, -0.1) is 0 Å². The lowest BCUT2D eigenvalue weighted by Crippen LogP contribution is -3.00. The average molecular weight is 1020 g/mol. The third-order valence-electron chi connectivity index (χ3n) is 13.5. The molecular weight excluding hydrogens is 952 g/mol. The van der Waals surface area contributed by atoms with Crippen molar-refractivity contribution in [2.24, 2.45) is 10.2 Å². The van der Waals surface area contributed by atoms with Gasteiger partial charge in [-0.2, -0.15) is 14.8 Å². The molecule has 0 saturated heterocycles. The molecule has 5 aromatic carbocycles. The minimum absolute atomic E-state index is 0. The summed E-state index contributed by atoms with van der Waals surface area (Å²) >= 11 is 0.